The fourth-order valence-electron chi connectivity index (χ4n) is 3.83. The summed E-state index contributed by atoms with van der Waals surface area (Å²) in [7, 11) is 0. The van der Waals surface area contributed by atoms with Crippen LogP contribution in [-0.4, -0.2) is 22.4 Å². The lowest BCUT2D eigenvalue weighted by molar-refractivity contribution is 0.251. The molecule has 1 aromatic carbocycles. The van der Waals surface area contributed by atoms with Gasteiger partial charge in [-0.25, -0.2) is 4.79 Å². The molecule has 1 aliphatic carbocycles. The number of fused-ring (bicyclic) bond motifs is 1. The van der Waals surface area contributed by atoms with Gasteiger partial charge >= 0.3 is 6.03 Å². The third kappa shape index (κ3) is 3.69. The van der Waals surface area contributed by atoms with Crippen molar-refractivity contribution in [3.8, 4) is 0 Å². The van der Waals surface area contributed by atoms with Crippen molar-refractivity contribution in [2.45, 2.75) is 51.2 Å². The summed E-state index contributed by atoms with van der Waals surface area (Å²) in [6.07, 6.45) is 7.98. The zero-order valence-electron chi connectivity index (χ0n) is 14.4. The number of aromatic nitrogens is 2. The smallest absolute Gasteiger partial charge is 0.319 e. The SMILES string of the molecule is O=C(NCc1ccn(C2CCCC2)n1)Nc1cccc2c1CCNC2. The van der Waals surface area contributed by atoms with E-state index >= 15 is 0 Å². The number of anilines is 1. The molecule has 0 radical (unpaired) electrons. The fraction of sp³-hybridized carbons (Fsp3) is 0.474. The van der Waals surface area contributed by atoms with Crippen molar-refractivity contribution in [2.75, 3.05) is 11.9 Å². The highest BCUT2D eigenvalue weighted by molar-refractivity contribution is 5.90. The summed E-state index contributed by atoms with van der Waals surface area (Å²) in [5, 5.41) is 13.9. The second kappa shape index (κ2) is 7.27. The van der Waals surface area contributed by atoms with Crippen LogP contribution in [0.25, 0.3) is 0 Å². The van der Waals surface area contributed by atoms with Crippen LogP contribution in [0.4, 0.5) is 10.5 Å². The van der Waals surface area contributed by atoms with E-state index in [4.69, 9.17) is 0 Å². The van der Waals surface area contributed by atoms with Crippen LogP contribution in [0.5, 0.6) is 0 Å². The lowest BCUT2D eigenvalue weighted by Crippen LogP contribution is -2.30. The first-order valence-electron chi connectivity index (χ1n) is 9.20. The van der Waals surface area contributed by atoms with Crippen molar-refractivity contribution in [3.05, 3.63) is 47.3 Å². The van der Waals surface area contributed by atoms with E-state index in [2.05, 4.69) is 31.8 Å². The lowest BCUT2D eigenvalue weighted by Gasteiger charge is -2.20. The molecule has 2 aromatic rings. The second-order valence-corrected chi connectivity index (χ2v) is 6.90. The van der Waals surface area contributed by atoms with Crippen LogP contribution in [0.1, 0.15) is 48.5 Å². The maximum absolute atomic E-state index is 12.3. The quantitative estimate of drug-likeness (QED) is 0.802. The number of carbonyl (C=O) groups excluding carboxylic acids is 1. The molecule has 2 aliphatic rings. The zero-order chi connectivity index (χ0) is 17.1. The Balaban J connectivity index is 1.34. The summed E-state index contributed by atoms with van der Waals surface area (Å²) in [5.41, 5.74) is 4.32. The molecule has 0 unspecified atom stereocenters. The number of hydrogen-bond donors (Lipinski definition) is 3. The van der Waals surface area contributed by atoms with Gasteiger partial charge in [0.15, 0.2) is 0 Å². The first kappa shape index (κ1) is 16.1. The maximum atomic E-state index is 12.3. The molecule has 6 nitrogen and oxygen atoms in total. The minimum absolute atomic E-state index is 0.178. The van der Waals surface area contributed by atoms with E-state index in [-0.39, 0.29) is 6.03 Å². The van der Waals surface area contributed by atoms with E-state index in [9.17, 15) is 4.79 Å². The van der Waals surface area contributed by atoms with Crippen molar-refractivity contribution >= 4 is 11.7 Å². The minimum Gasteiger partial charge on any atom is -0.332 e. The van der Waals surface area contributed by atoms with E-state index in [0.717, 1.165) is 30.9 Å². The van der Waals surface area contributed by atoms with E-state index in [0.29, 0.717) is 12.6 Å². The first-order valence-corrected chi connectivity index (χ1v) is 9.20. The van der Waals surface area contributed by atoms with E-state index in [1.165, 1.54) is 36.8 Å². The van der Waals surface area contributed by atoms with Gasteiger partial charge in [-0.3, -0.25) is 4.68 Å². The molecule has 4 rings (SSSR count). The first-order chi connectivity index (χ1) is 12.3. The average Bonchev–Trinajstić information content (AvgIpc) is 3.32. The van der Waals surface area contributed by atoms with Crippen molar-refractivity contribution in [1.82, 2.24) is 20.4 Å². The number of benzene rings is 1. The highest BCUT2D eigenvalue weighted by Crippen LogP contribution is 2.28. The van der Waals surface area contributed by atoms with Crippen molar-refractivity contribution < 1.29 is 4.79 Å². The number of nitrogens with zero attached hydrogens (tertiary/aromatic N) is 2. The third-order valence-electron chi connectivity index (χ3n) is 5.18. The molecular weight excluding hydrogens is 314 g/mol. The molecule has 1 aromatic heterocycles. The Morgan fingerprint density at radius 2 is 2.16 bits per heavy atom. The zero-order valence-corrected chi connectivity index (χ0v) is 14.4. The predicted molar refractivity (Wildman–Crippen MR) is 97.4 cm³/mol. The molecule has 1 aliphatic heterocycles. The molecule has 2 amide bonds. The average molecular weight is 339 g/mol. The molecule has 1 fully saturated rings. The normalized spacial score (nSPS) is 17.3. The fourth-order valence-corrected chi connectivity index (χ4v) is 3.83. The Kier molecular flexibility index (Phi) is 4.70. The van der Waals surface area contributed by atoms with Gasteiger partial charge in [-0.05, 0) is 49.1 Å². The number of hydrogen-bond acceptors (Lipinski definition) is 3. The topological polar surface area (TPSA) is 71.0 Å². The van der Waals surface area contributed by atoms with Crippen molar-refractivity contribution in [1.29, 1.82) is 0 Å². The van der Waals surface area contributed by atoms with Gasteiger partial charge in [0, 0.05) is 18.4 Å². The van der Waals surface area contributed by atoms with Crippen molar-refractivity contribution in [3.63, 3.8) is 0 Å². The van der Waals surface area contributed by atoms with Gasteiger partial charge in [0.25, 0.3) is 0 Å². The molecule has 25 heavy (non-hydrogen) atoms. The number of nitrogens with one attached hydrogen (secondary N) is 3. The van der Waals surface area contributed by atoms with E-state index in [1.54, 1.807) is 0 Å². The molecule has 1 saturated carbocycles. The summed E-state index contributed by atoms with van der Waals surface area (Å²) in [5.74, 6) is 0. The molecule has 0 bridgehead atoms. The highest BCUT2D eigenvalue weighted by Gasteiger charge is 2.18. The van der Waals surface area contributed by atoms with Crippen LogP contribution in [-0.2, 0) is 19.5 Å². The summed E-state index contributed by atoms with van der Waals surface area (Å²) in [6.45, 7) is 2.26. The molecule has 0 saturated heterocycles. The van der Waals surface area contributed by atoms with Crippen LogP contribution in [0.15, 0.2) is 30.5 Å². The van der Waals surface area contributed by atoms with E-state index in [1.807, 2.05) is 24.4 Å². The number of urea groups is 1. The Bertz CT molecular complexity index is 748. The molecule has 0 atom stereocenters. The van der Waals surface area contributed by atoms with Gasteiger partial charge in [0.1, 0.15) is 0 Å². The van der Waals surface area contributed by atoms with Gasteiger partial charge in [-0.15, -0.1) is 0 Å². The Hall–Kier alpha value is -2.34. The van der Waals surface area contributed by atoms with Crippen LogP contribution in [0, 0.1) is 0 Å². The summed E-state index contributed by atoms with van der Waals surface area (Å²) in [4.78, 5) is 12.3. The van der Waals surface area contributed by atoms with Gasteiger partial charge in [-0.2, -0.15) is 5.10 Å². The summed E-state index contributed by atoms with van der Waals surface area (Å²) < 4.78 is 2.06. The monoisotopic (exact) mass is 339 g/mol. The maximum Gasteiger partial charge on any atom is 0.319 e. The lowest BCUT2D eigenvalue weighted by atomic mass is 9.99. The van der Waals surface area contributed by atoms with Crippen LogP contribution < -0.4 is 16.0 Å². The molecule has 3 N–H and O–H groups in total. The summed E-state index contributed by atoms with van der Waals surface area (Å²) in [6, 6.07) is 8.42. The highest BCUT2D eigenvalue weighted by atomic mass is 16.2. The Morgan fingerprint density at radius 3 is 3.04 bits per heavy atom. The van der Waals surface area contributed by atoms with Gasteiger partial charge in [-0.1, -0.05) is 25.0 Å². The number of rotatable bonds is 4. The number of carbonyl (C=O) groups is 1. The minimum atomic E-state index is -0.178. The van der Waals surface area contributed by atoms with Gasteiger partial charge in [0.05, 0.1) is 18.3 Å². The van der Waals surface area contributed by atoms with Crippen molar-refractivity contribution in [2.24, 2.45) is 0 Å². The predicted octanol–water partition coefficient (Wildman–Crippen LogP) is 2.97. The molecular formula is C19H25N5O. The second-order valence-electron chi connectivity index (χ2n) is 6.90. The molecule has 6 heteroatoms. The van der Waals surface area contributed by atoms with Gasteiger partial charge in [0.2, 0.25) is 0 Å². The molecule has 0 spiro atoms. The van der Waals surface area contributed by atoms with E-state index < -0.39 is 0 Å². The van der Waals surface area contributed by atoms with Crippen LogP contribution in [0.3, 0.4) is 0 Å². The Morgan fingerprint density at radius 1 is 1.28 bits per heavy atom. The number of amides is 2. The Labute approximate surface area is 148 Å². The molecule has 132 valence electrons. The largest absolute Gasteiger partial charge is 0.332 e. The van der Waals surface area contributed by atoms with Crippen LogP contribution in [0.2, 0.25) is 0 Å². The third-order valence-corrected chi connectivity index (χ3v) is 5.18. The van der Waals surface area contributed by atoms with Gasteiger partial charge < -0.3 is 16.0 Å². The van der Waals surface area contributed by atoms with Crippen LogP contribution >= 0.6 is 0 Å². The molecule has 2 heterocycles. The standard InChI is InChI=1S/C19H25N5O/c25-19(22-18-7-3-4-14-12-20-10-8-17(14)18)21-13-15-9-11-24(23-15)16-5-1-2-6-16/h3-4,7,9,11,16,20H,1-2,5-6,8,10,12-13H2,(H2,21,22,25). The summed E-state index contributed by atoms with van der Waals surface area (Å²) >= 11 is 0.